The molecular weight excluding hydrogens is 460 g/mol. The molecule has 1 unspecified atom stereocenters. The molecule has 6 nitrogen and oxygen atoms in total. The topological polar surface area (TPSA) is 69.9 Å². The fourth-order valence-electron chi connectivity index (χ4n) is 4.48. The SMILES string of the molecule is CCOC(=O)C1=C(C)N=c2sc(=Cc3c(OC)ccc4ccccc34)c(=O)n2C1c1ccccc1. The summed E-state index contributed by atoms with van der Waals surface area (Å²) in [6.45, 7) is 3.79. The summed E-state index contributed by atoms with van der Waals surface area (Å²) in [6, 6.07) is 20.8. The van der Waals surface area contributed by atoms with Crippen molar-refractivity contribution in [2.75, 3.05) is 13.7 Å². The molecule has 35 heavy (non-hydrogen) atoms. The molecule has 1 aromatic heterocycles. The Kier molecular flexibility index (Phi) is 6.09. The highest BCUT2D eigenvalue weighted by atomic mass is 32.1. The minimum atomic E-state index is -0.622. The number of hydrogen-bond donors (Lipinski definition) is 0. The van der Waals surface area contributed by atoms with Crippen LogP contribution in [0.15, 0.2) is 87.8 Å². The number of carbonyl (C=O) groups is 1. The zero-order valence-corrected chi connectivity index (χ0v) is 20.5. The Balaban J connectivity index is 1.78. The number of benzene rings is 3. The van der Waals surface area contributed by atoms with E-state index >= 15 is 0 Å². The quantitative estimate of drug-likeness (QED) is 0.402. The zero-order chi connectivity index (χ0) is 24.5. The van der Waals surface area contributed by atoms with E-state index in [1.807, 2.05) is 72.8 Å². The summed E-state index contributed by atoms with van der Waals surface area (Å²) in [4.78, 5) is 32.0. The van der Waals surface area contributed by atoms with Crippen LogP contribution >= 0.6 is 11.3 Å². The molecule has 0 fully saturated rings. The van der Waals surface area contributed by atoms with Crippen LogP contribution in [0.2, 0.25) is 0 Å². The van der Waals surface area contributed by atoms with E-state index < -0.39 is 12.0 Å². The van der Waals surface area contributed by atoms with Crippen molar-refractivity contribution in [3.63, 3.8) is 0 Å². The summed E-state index contributed by atoms with van der Waals surface area (Å²) in [6.07, 6.45) is 1.86. The number of allylic oxidation sites excluding steroid dienone is 1. The number of methoxy groups -OCH3 is 1. The van der Waals surface area contributed by atoms with Crippen molar-refractivity contribution >= 4 is 34.2 Å². The van der Waals surface area contributed by atoms with Gasteiger partial charge in [-0.05, 0) is 42.3 Å². The Labute approximate surface area is 206 Å². The summed E-state index contributed by atoms with van der Waals surface area (Å²) < 4.78 is 13.1. The number of carbonyl (C=O) groups excluding carboxylic acids is 1. The van der Waals surface area contributed by atoms with Gasteiger partial charge in [-0.25, -0.2) is 9.79 Å². The molecule has 0 amide bonds. The monoisotopic (exact) mass is 484 g/mol. The molecule has 4 aromatic rings. The van der Waals surface area contributed by atoms with Gasteiger partial charge < -0.3 is 9.47 Å². The lowest BCUT2D eigenvalue weighted by molar-refractivity contribution is -0.139. The normalized spacial score (nSPS) is 15.6. The van der Waals surface area contributed by atoms with E-state index in [1.54, 1.807) is 25.5 Å². The van der Waals surface area contributed by atoms with Gasteiger partial charge in [-0.15, -0.1) is 0 Å². The maximum atomic E-state index is 13.8. The van der Waals surface area contributed by atoms with Crippen LogP contribution in [0.1, 0.15) is 31.0 Å². The molecule has 7 heteroatoms. The van der Waals surface area contributed by atoms with Gasteiger partial charge in [0.15, 0.2) is 4.80 Å². The maximum absolute atomic E-state index is 13.8. The van der Waals surface area contributed by atoms with E-state index in [0.29, 0.717) is 26.4 Å². The number of rotatable bonds is 5. The number of hydrogen-bond acceptors (Lipinski definition) is 6. The van der Waals surface area contributed by atoms with Gasteiger partial charge in [0.2, 0.25) is 0 Å². The highest BCUT2D eigenvalue weighted by Crippen LogP contribution is 2.31. The van der Waals surface area contributed by atoms with Crippen molar-refractivity contribution in [2.45, 2.75) is 19.9 Å². The number of aromatic nitrogens is 1. The van der Waals surface area contributed by atoms with E-state index in [9.17, 15) is 9.59 Å². The first-order chi connectivity index (χ1) is 17.0. The Morgan fingerprint density at radius 3 is 2.57 bits per heavy atom. The second kappa shape index (κ2) is 9.35. The molecule has 0 saturated carbocycles. The molecule has 0 spiro atoms. The molecule has 0 bridgehead atoms. The van der Waals surface area contributed by atoms with Crippen molar-refractivity contribution in [3.8, 4) is 5.75 Å². The third-order valence-corrected chi connectivity index (χ3v) is 7.04. The minimum Gasteiger partial charge on any atom is -0.496 e. The molecule has 5 rings (SSSR count). The summed E-state index contributed by atoms with van der Waals surface area (Å²) in [5.74, 6) is 0.213. The van der Waals surface area contributed by atoms with Gasteiger partial charge in [-0.2, -0.15) is 0 Å². The predicted octanol–water partition coefficient (Wildman–Crippen LogP) is 3.96. The van der Waals surface area contributed by atoms with Crippen molar-refractivity contribution < 1.29 is 14.3 Å². The molecule has 1 aliphatic rings. The van der Waals surface area contributed by atoms with E-state index in [0.717, 1.165) is 21.9 Å². The number of esters is 1. The molecule has 0 N–H and O–H groups in total. The molecule has 1 aliphatic heterocycles. The van der Waals surface area contributed by atoms with Gasteiger partial charge in [-0.1, -0.05) is 72.0 Å². The largest absolute Gasteiger partial charge is 0.496 e. The standard InChI is InChI=1S/C28H24N2O4S/c1-4-34-27(32)24-17(2)29-28-30(25(24)19-11-6-5-7-12-19)26(31)23(35-28)16-21-20-13-9-8-10-18(20)14-15-22(21)33-3/h5-16,25H,4H2,1-3H3. The molecular formula is C28H24N2O4S. The fraction of sp³-hybridized carbons (Fsp3) is 0.179. The van der Waals surface area contributed by atoms with Gasteiger partial charge in [0.1, 0.15) is 5.75 Å². The summed E-state index contributed by atoms with van der Waals surface area (Å²) in [5.41, 5.74) is 2.35. The van der Waals surface area contributed by atoms with E-state index in [2.05, 4.69) is 4.99 Å². The van der Waals surface area contributed by atoms with Crippen LogP contribution < -0.4 is 19.6 Å². The number of nitrogens with zero attached hydrogens (tertiary/aromatic N) is 2. The van der Waals surface area contributed by atoms with Crippen LogP contribution in [0.25, 0.3) is 16.8 Å². The van der Waals surface area contributed by atoms with Crippen molar-refractivity contribution in [2.24, 2.45) is 4.99 Å². The summed E-state index contributed by atoms with van der Waals surface area (Å²) in [5, 5.41) is 2.04. The minimum absolute atomic E-state index is 0.216. The van der Waals surface area contributed by atoms with Crippen LogP contribution in [0, 0.1) is 0 Å². The van der Waals surface area contributed by atoms with Gasteiger partial charge in [-0.3, -0.25) is 9.36 Å². The third kappa shape index (κ3) is 3.98. The average molecular weight is 485 g/mol. The predicted molar refractivity (Wildman–Crippen MR) is 137 cm³/mol. The molecule has 1 atom stereocenters. The van der Waals surface area contributed by atoms with Gasteiger partial charge in [0, 0.05) is 5.56 Å². The zero-order valence-electron chi connectivity index (χ0n) is 19.6. The first kappa shape index (κ1) is 22.8. The first-order valence-corrected chi connectivity index (χ1v) is 12.2. The lowest BCUT2D eigenvalue weighted by Gasteiger charge is -2.24. The van der Waals surface area contributed by atoms with Crippen LogP contribution in [0.4, 0.5) is 0 Å². The summed E-state index contributed by atoms with van der Waals surface area (Å²) in [7, 11) is 1.62. The van der Waals surface area contributed by atoms with E-state index in [-0.39, 0.29) is 12.2 Å². The van der Waals surface area contributed by atoms with E-state index in [4.69, 9.17) is 9.47 Å². The van der Waals surface area contributed by atoms with Crippen LogP contribution in [0.3, 0.4) is 0 Å². The Morgan fingerprint density at radius 2 is 1.83 bits per heavy atom. The van der Waals surface area contributed by atoms with Crippen molar-refractivity contribution in [1.82, 2.24) is 4.57 Å². The number of fused-ring (bicyclic) bond motifs is 2. The molecule has 2 heterocycles. The average Bonchev–Trinajstić information content (AvgIpc) is 3.18. The second-order valence-electron chi connectivity index (χ2n) is 8.12. The first-order valence-electron chi connectivity index (χ1n) is 11.3. The number of thiazole rings is 1. The van der Waals surface area contributed by atoms with E-state index in [1.165, 1.54) is 11.3 Å². The Morgan fingerprint density at radius 1 is 1.09 bits per heavy atom. The fourth-order valence-corrected chi connectivity index (χ4v) is 5.50. The second-order valence-corrected chi connectivity index (χ2v) is 9.12. The lowest BCUT2D eigenvalue weighted by atomic mass is 9.96. The van der Waals surface area contributed by atoms with Gasteiger partial charge in [0.25, 0.3) is 5.56 Å². The highest BCUT2D eigenvalue weighted by molar-refractivity contribution is 7.07. The molecule has 0 aliphatic carbocycles. The smallest absolute Gasteiger partial charge is 0.338 e. The van der Waals surface area contributed by atoms with Crippen molar-refractivity contribution in [3.05, 3.63) is 109 Å². The molecule has 0 radical (unpaired) electrons. The number of ether oxygens (including phenoxy) is 2. The molecule has 0 saturated heterocycles. The third-order valence-electron chi connectivity index (χ3n) is 6.06. The maximum Gasteiger partial charge on any atom is 0.338 e. The van der Waals surface area contributed by atoms with Crippen molar-refractivity contribution in [1.29, 1.82) is 0 Å². The molecule has 176 valence electrons. The van der Waals surface area contributed by atoms with Crippen LogP contribution in [-0.2, 0) is 9.53 Å². The molecule has 3 aromatic carbocycles. The van der Waals surface area contributed by atoms with Gasteiger partial charge >= 0.3 is 5.97 Å². The van der Waals surface area contributed by atoms with Crippen LogP contribution in [0.5, 0.6) is 5.75 Å². The van der Waals surface area contributed by atoms with Gasteiger partial charge in [0.05, 0.1) is 35.6 Å². The lowest BCUT2D eigenvalue weighted by Crippen LogP contribution is -2.39. The Hall–Kier alpha value is -3.97. The Bertz CT molecular complexity index is 1650. The summed E-state index contributed by atoms with van der Waals surface area (Å²) >= 11 is 1.30. The van der Waals surface area contributed by atoms with Crippen LogP contribution in [-0.4, -0.2) is 24.3 Å². The highest BCUT2D eigenvalue weighted by Gasteiger charge is 2.33.